The van der Waals surface area contributed by atoms with Crippen LogP contribution in [-0.2, 0) is 90.3 Å². The van der Waals surface area contributed by atoms with Gasteiger partial charge >= 0.3 is 5.97 Å². The number of nitrogen functional groups attached to an aromatic ring is 9. The number of halogens is 1. The van der Waals surface area contributed by atoms with Crippen molar-refractivity contribution in [1.29, 1.82) is 5.26 Å². The summed E-state index contributed by atoms with van der Waals surface area (Å²) in [6.45, 7) is 92.7. The van der Waals surface area contributed by atoms with Crippen LogP contribution in [-0.4, -0.2) is 143 Å². The van der Waals surface area contributed by atoms with Gasteiger partial charge < -0.3 is 76.6 Å². The molecule has 10 heterocycles. The fourth-order valence-electron chi connectivity index (χ4n) is 14.2. The first-order valence-electron chi connectivity index (χ1n) is 49.4. The van der Waals surface area contributed by atoms with E-state index in [0.29, 0.717) is 78.2 Å². The van der Waals surface area contributed by atoms with Crippen molar-refractivity contribution in [2.45, 2.75) is 423 Å². The predicted molar refractivity (Wildman–Crippen MR) is 616 cm³/mol. The molecule has 0 radical (unpaired) electrons. The molecule has 0 aliphatic heterocycles. The van der Waals surface area contributed by atoms with Gasteiger partial charge in [0, 0.05) is 130 Å². The Morgan fingerprint density at radius 2 is 0.858 bits per heavy atom. The molecular weight excluding hydrogens is 1880 g/mol. The molecule has 148 heavy (non-hydrogen) atoms. The molecule has 34 nitrogen and oxygen atoms in total. The number of aliphatic hydroxyl groups is 3. The zero-order valence-corrected chi connectivity index (χ0v) is 97.9. The number of pyridine rings is 2. The Morgan fingerprint density at radius 3 is 1.25 bits per heavy atom. The summed E-state index contributed by atoms with van der Waals surface area (Å²) >= 11 is 5.65. The predicted octanol–water partition coefficient (Wildman–Crippen LogP) is 21.8. The number of aliphatic hydroxyl groups excluding tert-OH is 3. The number of aromatic nitrogens is 18. The van der Waals surface area contributed by atoms with Crippen LogP contribution < -0.4 is 51.6 Å². The first kappa shape index (κ1) is 138. The molecule has 0 fully saturated rings. The minimum Gasteiger partial charge on any atom is -0.462 e. The Bertz CT molecular complexity index is 5850. The van der Waals surface area contributed by atoms with Crippen molar-refractivity contribution in [2.24, 2.45) is 0 Å². The summed E-state index contributed by atoms with van der Waals surface area (Å²) in [5.74, 6) is 4.85. The van der Waals surface area contributed by atoms with Crippen LogP contribution in [0.3, 0.4) is 0 Å². The highest BCUT2D eigenvalue weighted by molar-refractivity contribution is 6.28. The van der Waals surface area contributed by atoms with E-state index in [4.69, 9.17) is 78.2 Å². The van der Waals surface area contributed by atoms with E-state index in [0.717, 1.165) is 138 Å². The van der Waals surface area contributed by atoms with E-state index < -0.39 is 6.10 Å². The molecule has 2 unspecified atom stereocenters. The number of anilines is 9. The molecule has 35 heteroatoms. The molecule has 0 amide bonds. The van der Waals surface area contributed by atoms with Crippen LogP contribution in [0.25, 0.3) is 6.08 Å². The zero-order valence-electron chi connectivity index (χ0n) is 97.1. The normalized spacial score (nSPS) is 12.1. The average molecular weight is 2070 g/mol. The van der Waals surface area contributed by atoms with Gasteiger partial charge in [-0.2, -0.15) is 5.26 Å². The number of carbonyl (C=O) groups is 1. The lowest BCUT2D eigenvalue weighted by molar-refractivity contribution is 0.0522. The summed E-state index contributed by atoms with van der Waals surface area (Å²) in [6.07, 6.45) is 5.22. The van der Waals surface area contributed by atoms with E-state index in [1.165, 1.54) is 5.56 Å². The minimum atomic E-state index is -0.570. The highest BCUT2D eigenvalue weighted by Gasteiger charge is 2.32. The minimum absolute atomic E-state index is 0. The molecule has 0 aromatic carbocycles. The molecule has 0 aliphatic rings. The van der Waals surface area contributed by atoms with Gasteiger partial charge in [-0.1, -0.05) is 269 Å². The number of rotatable bonds is 12. The topological polar surface area (TPSA) is 580 Å². The van der Waals surface area contributed by atoms with Crippen LogP contribution in [0.5, 0.6) is 0 Å². The molecule has 0 bridgehead atoms. The molecule has 0 aliphatic carbocycles. The highest BCUT2D eigenvalue weighted by Crippen LogP contribution is 2.37. The lowest BCUT2D eigenvalue weighted by Gasteiger charge is -2.28. The fraction of sp³-hybridized carbons (Fsp3) is 0.593. The number of hydrogen-bond donors (Lipinski definition) is 12. The highest BCUT2D eigenvalue weighted by atomic mass is 35.5. The number of nitriles is 1. The van der Waals surface area contributed by atoms with Gasteiger partial charge in [-0.25, -0.2) is 94.5 Å². The van der Waals surface area contributed by atoms with Crippen LogP contribution in [0.15, 0.2) is 49.2 Å². The van der Waals surface area contributed by atoms with Crippen LogP contribution in [0.4, 0.5) is 53.0 Å². The van der Waals surface area contributed by atoms with E-state index >= 15 is 0 Å². The maximum absolute atomic E-state index is 11.7. The van der Waals surface area contributed by atoms with Gasteiger partial charge in [0.05, 0.1) is 101 Å². The largest absolute Gasteiger partial charge is 0.462 e. The van der Waals surface area contributed by atoms with Gasteiger partial charge in [-0.3, -0.25) is 0 Å². The molecule has 10 aromatic heterocycles. The third-order valence-corrected chi connectivity index (χ3v) is 21.8. The van der Waals surface area contributed by atoms with E-state index in [1.54, 1.807) is 44.3 Å². The lowest BCUT2D eigenvalue weighted by Crippen LogP contribution is -2.24. The molecular formula is C113H190ClN29O5. The molecule has 10 rings (SSSR count). The summed E-state index contributed by atoms with van der Waals surface area (Å²) < 4.78 is 4.98. The van der Waals surface area contributed by atoms with Gasteiger partial charge in [0.2, 0.25) is 35.0 Å². The Balaban J connectivity index is 0. The quantitative estimate of drug-likeness (QED) is 0.0399. The molecule has 2 atom stereocenters. The van der Waals surface area contributed by atoms with Crippen molar-refractivity contribution in [3.63, 3.8) is 0 Å². The van der Waals surface area contributed by atoms with Crippen LogP contribution in [0, 0.1) is 59.8 Å². The fourth-order valence-corrected chi connectivity index (χ4v) is 14.4. The maximum Gasteiger partial charge on any atom is 0.340 e. The third-order valence-electron chi connectivity index (χ3n) is 21.6. The number of hydrogen-bond acceptors (Lipinski definition) is 34. The summed E-state index contributed by atoms with van der Waals surface area (Å²) in [4.78, 5) is 89.7. The maximum atomic E-state index is 11.7. The van der Waals surface area contributed by atoms with Crippen LogP contribution in [0.2, 0.25) is 5.28 Å². The lowest BCUT2D eigenvalue weighted by atomic mass is 9.78. The summed E-state index contributed by atoms with van der Waals surface area (Å²) in [6, 6.07) is 13.1. The van der Waals surface area contributed by atoms with Gasteiger partial charge in [-0.15, -0.1) is 0 Å². The number of carbonyl (C=O) groups excluding carboxylic acids is 1. The summed E-state index contributed by atoms with van der Waals surface area (Å²) in [7, 11) is 4.04. The Labute approximate surface area is 893 Å². The molecule has 21 N–H and O–H groups in total. The summed E-state index contributed by atoms with van der Waals surface area (Å²) in [5.41, 5.74) is 70.9. The van der Waals surface area contributed by atoms with E-state index in [9.17, 15) is 20.1 Å². The first-order chi connectivity index (χ1) is 66.1. The number of aryl methyl sites for hydroxylation is 7. The zero-order chi connectivity index (χ0) is 114. The molecule has 824 valence electrons. The average Bonchev–Trinajstić information content (AvgIpc) is 0.774. The number of esters is 1. The van der Waals surface area contributed by atoms with Crippen molar-refractivity contribution in [2.75, 3.05) is 72.3 Å². The SMILES string of the molecule is C.C.C=Cc1c(C)nc(N)nc1C(C)(C)C.CC(C)(C)c1cc(N)nc(Cl)n1.CC(C)(C)c1ccc(N)nc1C(C)(C)C.CCC(O)Cc1c(C)nc(CN(C)C)nc1C(C)(C)C.CCOC(=O)c1ccc(N)nc1C(C)(C)C.Cc1cc(C(C)(C)C)nc(N)n1.Cc1cnc(C(C)(C)C)nc1N.Cc1nc(N)nc(C(C)(C)C)c1C(C)O.Cc1nc(N)nc(C(C)(C)C)c1CCC#N.Cc1nc(N)nc(C(C)(C)C)c1CO. The van der Waals surface area contributed by atoms with E-state index in [1.807, 2.05) is 165 Å². The summed E-state index contributed by atoms with van der Waals surface area (Å²) in [5, 5.41) is 37.8. The van der Waals surface area contributed by atoms with Gasteiger partial charge in [0.25, 0.3) is 0 Å². The van der Waals surface area contributed by atoms with E-state index in [-0.39, 0.29) is 110 Å². The van der Waals surface area contributed by atoms with Crippen molar-refractivity contribution in [1.82, 2.24) is 94.6 Å². The van der Waals surface area contributed by atoms with Gasteiger partial charge in [0.15, 0.2) is 0 Å². The monoisotopic (exact) mass is 2070 g/mol. The second kappa shape index (κ2) is 57.1. The van der Waals surface area contributed by atoms with Crippen molar-refractivity contribution in [3.05, 3.63) is 196 Å². The first-order valence-corrected chi connectivity index (χ1v) is 49.8. The number of nitrogens with two attached hydrogens (primary N) is 9. The van der Waals surface area contributed by atoms with Crippen LogP contribution >= 0.6 is 11.6 Å². The second-order valence-electron chi connectivity index (χ2n) is 47.8. The van der Waals surface area contributed by atoms with Crippen LogP contribution in [0.1, 0.15) is 429 Å². The number of nitrogens with zero attached hydrogens (tertiary/aromatic N) is 20. The molecule has 0 saturated heterocycles. The van der Waals surface area contributed by atoms with Crippen molar-refractivity contribution in [3.8, 4) is 6.07 Å². The molecule has 0 saturated carbocycles. The standard InChI is InChI=1S/C16H29N3O.C13H22N2.C12H18N4.C12H18N2O2.C11H19N3O.C11H17N3.C10H17N3O.2C9H15N3.C8H12ClN3.2CH4/c1-8-12(20)9-13-11(2)17-14(10-19(6)7)18-15(13)16(3,4)5;1-12(2,3)9-7-8-10(14)15-11(9)13(4,5)6;1-8-9(6-5-7-13)10(12(2,3)4)16-11(14)15-8;1-5-16-11(15)8-6-7-9(13)14-10(8)12(2,3)4;1-6-8(7(2)15)9(11(3,4)5)14-10(12)13-6;1-6-8-7(2)13-10(12)14-9(8)11(3,4)5;1-6-7(5-14)8(10(2,3)4)13-9(11)12-6;1-6-5-11-8(9(2,3)4)12-7(6)10;1-6-5-7(9(2,3)4)12-8(10)11-6;1-8(2,3)5-4-6(10)12-7(9)11-5;;/h12,20H,8-10H2,1-7H3;7-8H,1-6H3,(H2,14,15);5-6H2,1-4H3,(H2,14,15,16);6-7H,5H2,1-4H3,(H2,13,14);7,15H,1-5H3,(H2,12,13,14);6H,1H2,2-5H3,(H2,12,13,14);14H,5H2,1-4H3,(H2,11,12,13);2*5H,1-4H3,(H2,10,11,12);4H,1-3H3,(H2,10,11,12);2*1H4. The van der Waals surface area contributed by atoms with Gasteiger partial charge in [0.1, 0.15) is 34.9 Å². The molecule has 10 aromatic rings. The Morgan fingerprint density at radius 1 is 0.453 bits per heavy atom. The second-order valence-corrected chi connectivity index (χ2v) is 48.1. The Kier molecular flexibility index (Phi) is 53.2. The Hall–Kier alpha value is -12.0. The molecule has 0 spiro atoms. The van der Waals surface area contributed by atoms with Crippen molar-refractivity contribution < 1.29 is 24.9 Å². The van der Waals surface area contributed by atoms with Crippen molar-refractivity contribution >= 4 is 76.7 Å². The van der Waals surface area contributed by atoms with Gasteiger partial charge in [-0.05, 0) is 147 Å². The van der Waals surface area contributed by atoms with E-state index in [2.05, 4.69) is 254 Å². The number of ether oxygens (including phenoxy) is 1. The third kappa shape index (κ3) is 46.4. The smallest absolute Gasteiger partial charge is 0.340 e.